The minimum Gasteiger partial charge on any atom is -0.477 e. The van der Waals surface area contributed by atoms with Crippen LogP contribution in [-0.4, -0.2) is 17.5 Å². The molecule has 0 atom stereocenters. The Morgan fingerprint density at radius 2 is 2.13 bits per heavy atom. The van der Waals surface area contributed by atoms with Crippen molar-refractivity contribution in [1.29, 1.82) is 0 Å². The fraction of sp³-hybridized carbons (Fsp3) is 0.500. The third kappa shape index (κ3) is 2.61. The van der Waals surface area contributed by atoms with Gasteiger partial charge in [-0.15, -0.1) is 0 Å². The quantitative estimate of drug-likeness (QED) is 0.776. The van der Waals surface area contributed by atoms with Gasteiger partial charge in [0.05, 0.1) is 12.8 Å². The molecular formula is C10H10F3NO. The largest absolute Gasteiger partial charge is 0.477 e. The van der Waals surface area contributed by atoms with E-state index < -0.39 is 11.7 Å². The van der Waals surface area contributed by atoms with Crippen molar-refractivity contribution in [1.82, 2.24) is 4.98 Å². The maximum Gasteiger partial charge on any atom is 0.248 e. The van der Waals surface area contributed by atoms with Crippen LogP contribution in [-0.2, 0) is 0 Å². The lowest BCUT2D eigenvalue weighted by Gasteiger charge is -2.34. The number of hydrogen-bond acceptors (Lipinski definition) is 2. The molecule has 0 bridgehead atoms. The Balaban J connectivity index is 1.77. The SMILES string of the molecule is Fc1ccc(OCC2CC(F)(F)C2)nc1. The molecule has 1 aliphatic rings. The van der Waals surface area contributed by atoms with Crippen molar-refractivity contribution < 1.29 is 17.9 Å². The fourth-order valence-electron chi connectivity index (χ4n) is 1.55. The topological polar surface area (TPSA) is 22.1 Å². The average Bonchev–Trinajstić information content (AvgIpc) is 2.14. The molecule has 1 saturated carbocycles. The van der Waals surface area contributed by atoms with Crippen LogP contribution in [0.4, 0.5) is 13.2 Å². The summed E-state index contributed by atoms with van der Waals surface area (Å²) in [5, 5.41) is 0. The van der Waals surface area contributed by atoms with Crippen molar-refractivity contribution in [3.63, 3.8) is 0 Å². The summed E-state index contributed by atoms with van der Waals surface area (Å²) in [7, 11) is 0. The molecule has 0 spiro atoms. The van der Waals surface area contributed by atoms with Crippen LogP contribution in [0, 0.1) is 11.7 Å². The van der Waals surface area contributed by atoms with Gasteiger partial charge in [-0.3, -0.25) is 0 Å². The molecule has 5 heteroatoms. The summed E-state index contributed by atoms with van der Waals surface area (Å²) in [6, 6.07) is 2.60. The van der Waals surface area contributed by atoms with Crippen LogP contribution in [0.3, 0.4) is 0 Å². The monoisotopic (exact) mass is 217 g/mol. The molecule has 0 amide bonds. The van der Waals surface area contributed by atoms with Crippen molar-refractivity contribution in [3.8, 4) is 5.88 Å². The molecule has 82 valence electrons. The standard InChI is InChI=1S/C10H10F3NO/c11-8-1-2-9(14-5-8)15-6-7-3-10(12,13)4-7/h1-2,5,7H,3-4,6H2. The summed E-state index contributed by atoms with van der Waals surface area (Å²) in [6.07, 6.45) is 0.771. The smallest absolute Gasteiger partial charge is 0.248 e. The van der Waals surface area contributed by atoms with Crippen LogP contribution >= 0.6 is 0 Å². The Bertz CT molecular complexity index is 331. The first-order chi connectivity index (χ1) is 7.05. The minimum absolute atomic E-state index is 0.119. The van der Waals surface area contributed by atoms with Gasteiger partial charge in [0.25, 0.3) is 0 Å². The predicted molar refractivity (Wildman–Crippen MR) is 47.4 cm³/mol. The van der Waals surface area contributed by atoms with Gasteiger partial charge in [0.15, 0.2) is 0 Å². The summed E-state index contributed by atoms with van der Waals surface area (Å²) in [6.45, 7) is 0.216. The van der Waals surface area contributed by atoms with E-state index in [1.165, 1.54) is 12.1 Å². The van der Waals surface area contributed by atoms with Gasteiger partial charge in [-0.1, -0.05) is 0 Å². The Morgan fingerprint density at radius 3 is 2.67 bits per heavy atom. The van der Waals surface area contributed by atoms with Gasteiger partial charge < -0.3 is 4.74 Å². The summed E-state index contributed by atoms with van der Waals surface area (Å²) in [5.74, 6) is -2.82. The second kappa shape index (κ2) is 3.72. The number of pyridine rings is 1. The lowest BCUT2D eigenvalue weighted by molar-refractivity contribution is -0.119. The van der Waals surface area contributed by atoms with E-state index in [9.17, 15) is 13.2 Å². The van der Waals surface area contributed by atoms with Crippen LogP contribution in [0.1, 0.15) is 12.8 Å². The summed E-state index contributed by atoms with van der Waals surface area (Å²) >= 11 is 0. The molecular weight excluding hydrogens is 207 g/mol. The number of alkyl halides is 2. The van der Waals surface area contributed by atoms with Crippen molar-refractivity contribution in [3.05, 3.63) is 24.1 Å². The van der Waals surface area contributed by atoms with E-state index in [4.69, 9.17) is 4.74 Å². The number of nitrogens with zero attached hydrogens (tertiary/aromatic N) is 1. The molecule has 1 heterocycles. The van der Waals surface area contributed by atoms with Crippen molar-refractivity contribution >= 4 is 0 Å². The molecule has 0 radical (unpaired) electrons. The van der Waals surface area contributed by atoms with Crippen LogP contribution in [0.15, 0.2) is 18.3 Å². The maximum absolute atomic E-state index is 12.4. The van der Waals surface area contributed by atoms with Crippen LogP contribution in [0.2, 0.25) is 0 Å². The molecule has 0 aromatic carbocycles. The van der Waals surface area contributed by atoms with Crippen LogP contribution in [0.25, 0.3) is 0 Å². The highest BCUT2D eigenvalue weighted by molar-refractivity contribution is 5.10. The molecule has 0 saturated heterocycles. The van der Waals surface area contributed by atoms with Gasteiger partial charge in [0.1, 0.15) is 5.82 Å². The maximum atomic E-state index is 12.4. The molecule has 0 aliphatic heterocycles. The molecule has 0 N–H and O–H groups in total. The minimum atomic E-state index is -2.52. The molecule has 2 rings (SSSR count). The summed E-state index contributed by atoms with van der Waals surface area (Å²) in [5.41, 5.74) is 0. The molecule has 1 aromatic rings. The summed E-state index contributed by atoms with van der Waals surface area (Å²) in [4.78, 5) is 3.66. The first kappa shape index (κ1) is 10.3. The molecule has 1 aromatic heterocycles. The van der Waals surface area contributed by atoms with E-state index in [1.54, 1.807) is 0 Å². The Hall–Kier alpha value is -1.26. The van der Waals surface area contributed by atoms with E-state index in [-0.39, 0.29) is 31.2 Å². The van der Waals surface area contributed by atoms with Gasteiger partial charge in [0, 0.05) is 24.8 Å². The van der Waals surface area contributed by atoms with E-state index in [0.29, 0.717) is 0 Å². The lowest BCUT2D eigenvalue weighted by Crippen LogP contribution is -2.38. The van der Waals surface area contributed by atoms with E-state index in [1.807, 2.05) is 0 Å². The third-order valence-corrected chi connectivity index (χ3v) is 2.34. The van der Waals surface area contributed by atoms with Gasteiger partial charge in [-0.2, -0.15) is 0 Å². The van der Waals surface area contributed by atoms with Crippen molar-refractivity contribution in [2.24, 2.45) is 5.92 Å². The number of halogens is 3. The summed E-state index contributed by atoms with van der Waals surface area (Å²) < 4.78 is 42.5. The predicted octanol–water partition coefficient (Wildman–Crippen LogP) is 2.64. The zero-order valence-corrected chi connectivity index (χ0v) is 7.92. The second-order valence-electron chi connectivity index (χ2n) is 3.76. The molecule has 1 aliphatic carbocycles. The lowest BCUT2D eigenvalue weighted by atomic mass is 9.82. The highest BCUT2D eigenvalue weighted by Gasteiger charge is 2.45. The normalized spacial score (nSPS) is 19.7. The fourth-order valence-corrected chi connectivity index (χ4v) is 1.55. The molecule has 2 nitrogen and oxygen atoms in total. The second-order valence-corrected chi connectivity index (χ2v) is 3.76. The molecule has 0 unspecified atom stereocenters. The first-order valence-electron chi connectivity index (χ1n) is 4.67. The van der Waals surface area contributed by atoms with Crippen molar-refractivity contribution in [2.45, 2.75) is 18.8 Å². The molecule has 1 fully saturated rings. The van der Waals surface area contributed by atoms with Crippen LogP contribution in [0.5, 0.6) is 5.88 Å². The average molecular weight is 217 g/mol. The van der Waals surface area contributed by atoms with E-state index in [0.717, 1.165) is 6.20 Å². The number of ether oxygens (including phenoxy) is 1. The van der Waals surface area contributed by atoms with Gasteiger partial charge >= 0.3 is 0 Å². The Labute approximate surface area is 85.1 Å². The zero-order valence-electron chi connectivity index (χ0n) is 7.92. The highest BCUT2D eigenvalue weighted by Crippen LogP contribution is 2.42. The molecule has 15 heavy (non-hydrogen) atoms. The van der Waals surface area contributed by atoms with E-state index >= 15 is 0 Å². The number of hydrogen-bond donors (Lipinski definition) is 0. The van der Waals surface area contributed by atoms with Gasteiger partial charge in [-0.05, 0) is 6.07 Å². The highest BCUT2D eigenvalue weighted by atomic mass is 19.3. The van der Waals surface area contributed by atoms with Crippen molar-refractivity contribution in [2.75, 3.05) is 6.61 Å². The Kier molecular flexibility index (Phi) is 2.54. The Morgan fingerprint density at radius 1 is 1.40 bits per heavy atom. The van der Waals surface area contributed by atoms with Gasteiger partial charge in [-0.25, -0.2) is 18.2 Å². The van der Waals surface area contributed by atoms with Crippen LogP contribution < -0.4 is 4.74 Å². The number of aromatic nitrogens is 1. The van der Waals surface area contributed by atoms with Gasteiger partial charge in [0.2, 0.25) is 11.8 Å². The zero-order chi connectivity index (χ0) is 10.9. The third-order valence-electron chi connectivity index (χ3n) is 2.34. The van der Waals surface area contributed by atoms with E-state index in [2.05, 4.69) is 4.98 Å². The first-order valence-corrected chi connectivity index (χ1v) is 4.67. The number of rotatable bonds is 3.